The van der Waals surface area contributed by atoms with Crippen molar-refractivity contribution < 1.29 is 10.2 Å². The van der Waals surface area contributed by atoms with Crippen LogP contribution in [0.15, 0.2) is 0 Å². The second kappa shape index (κ2) is 11.8. The van der Waals surface area contributed by atoms with Gasteiger partial charge in [-0.15, -0.1) is 0 Å². The molecular weight excluding hydrogens is 328 g/mol. The first-order valence-electron chi connectivity index (χ1n) is 7.63. The van der Waals surface area contributed by atoms with E-state index in [1.165, 1.54) is 50.7 Å². The molecule has 6 heteroatoms. The molecule has 0 saturated carbocycles. The Bertz CT molecular complexity index is 233. The fraction of sp³-hybridized carbons (Fsp3) is 1.00. The fourth-order valence-corrected chi connectivity index (χ4v) is 8.56. The Balaban J connectivity index is 1.93. The van der Waals surface area contributed by atoms with Crippen LogP contribution < -0.4 is 0 Å². The minimum absolute atomic E-state index is 0.427. The van der Waals surface area contributed by atoms with E-state index >= 15 is 0 Å². The molecule has 1 unspecified atom stereocenters. The lowest BCUT2D eigenvalue weighted by molar-refractivity contribution is -0.0466. The largest absolute Gasteiger partial charge is 0.368 e. The van der Waals surface area contributed by atoms with Crippen molar-refractivity contribution in [2.45, 2.75) is 75.2 Å². The van der Waals surface area contributed by atoms with Crippen LogP contribution >= 0.6 is 44.0 Å². The number of unbranched alkanes of at least 4 members (excludes halogenated alkanes) is 6. The van der Waals surface area contributed by atoms with Crippen LogP contribution in [0.5, 0.6) is 0 Å². The van der Waals surface area contributed by atoms with Gasteiger partial charge in [-0.2, -0.15) is 12.6 Å². The van der Waals surface area contributed by atoms with E-state index in [9.17, 15) is 0 Å². The predicted molar refractivity (Wildman–Crippen MR) is 98.6 cm³/mol. The maximum Gasteiger partial charge on any atom is 0.151 e. The Morgan fingerprint density at radius 3 is 2.20 bits per heavy atom. The smallest absolute Gasteiger partial charge is 0.151 e. The molecule has 0 aromatic heterocycles. The van der Waals surface area contributed by atoms with Crippen molar-refractivity contribution in [3.63, 3.8) is 0 Å². The molecule has 1 fully saturated rings. The SMILES string of the molecule is OC(O)CCCCCCCCCC1(CS)CCSSS1. The number of hydrogen-bond acceptors (Lipinski definition) is 6. The number of aliphatic hydroxyl groups is 2. The second-order valence-corrected chi connectivity index (χ2v) is 10.5. The Hall–Kier alpha value is 1.32. The quantitative estimate of drug-likeness (QED) is 0.212. The number of rotatable bonds is 11. The summed E-state index contributed by atoms with van der Waals surface area (Å²) < 4.78 is 0.427. The zero-order chi connectivity index (χ0) is 14.7. The first-order chi connectivity index (χ1) is 9.68. The van der Waals surface area contributed by atoms with E-state index in [2.05, 4.69) is 12.6 Å². The molecule has 1 atom stereocenters. The van der Waals surface area contributed by atoms with Crippen molar-refractivity contribution in [1.82, 2.24) is 0 Å². The molecule has 0 amide bonds. The van der Waals surface area contributed by atoms with Crippen LogP contribution in [-0.2, 0) is 0 Å². The van der Waals surface area contributed by atoms with E-state index in [1.807, 2.05) is 31.4 Å². The van der Waals surface area contributed by atoms with Crippen LogP contribution in [0.1, 0.15) is 64.2 Å². The van der Waals surface area contributed by atoms with Gasteiger partial charge in [0.25, 0.3) is 0 Å². The summed E-state index contributed by atoms with van der Waals surface area (Å²) in [5.74, 6) is 2.28. The van der Waals surface area contributed by atoms with E-state index in [0.29, 0.717) is 11.2 Å². The lowest BCUT2D eigenvalue weighted by atomic mass is 9.98. The van der Waals surface area contributed by atoms with Crippen LogP contribution in [0, 0.1) is 0 Å². The summed E-state index contributed by atoms with van der Waals surface area (Å²) in [5.41, 5.74) is 0. The standard InChI is InChI=1S/C14H28O2S4/c15-13(16)8-6-4-2-1-3-5-7-9-14(12-17)10-11-18-20-19-14/h13,15-17H,1-12H2. The van der Waals surface area contributed by atoms with Gasteiger partial charge < -0.3 is 10.2 Å². The molecule has 0 spiro atoms. The zero-order valence-electron chi connectivity index (χ0n) is 12.1. The molecule has 120 valence electrons. The van der Waals surface area contributed by atoms with E-state index in [0.717, 1.165) is 18.6 Å². The highest BCUT2D eigenvalue weighted by Crippen LogP contribution is 2.53. The summed E-state index contributed by atoms with van der Waals surface area (Å²) in [6.07, 6.45) is 10.6. The Kier molecular flexibility index (Phi) is 11.5. The monoisotopic (exact) mass is 356 g/mol. The summed E-state index contributed by atoms with van der Waals surface area (Å²) in [4.78, 5) is 0. The van der Waals surface area contributed by atoms with Crippen LogP contribution in [0.4, 0.5) is 0 Å². The summed E-state index contributed by atoms with van der Waals surface area (Å²) in [6.45, 7) is 0. The number of hydrogen-bond donors (Lipinski definition) is 3. The Morgan fingerprint density at radius 2 is 1.65 bits per heavy atom. The van der Waals surface area contributed by atoms with Crippen molar-refractivity contribution >= 4 is 44.0 Å². The van der Waals surface area contributed by atoms with E-state index < -0.39 is 6.29 Å². The van der Waals surface area contributed by atoms with Gasteiger partial charge in [0.05, 0.1) is 0 Å². The molecule has 1 aliphatic heterocycles. The van der Waals surface area contributed by atoms with Gasteiger partial charge in [-0.05, 0) is 35.5 Å². The molecule has 0 radical (unpaired) electrons. The zero-order valence-corrected chi connectivity index (χ0v) is 15.5. The van der Waals surface area contributed by atoms with Crippen molar-refractivity contribution in [3.8, 4) is 0 Å². The molecule has 1 rings (SSSR count). The first-order valence-corrected chi connectivity index (χ1v) is 11.9. The van der Waals surface area contributed by atoms with Gasteiger partial charge in [0.2, 0.25) is 0 Å². The number of aliphatic hydroxyl groups excluding tert-OH is 1. The summed E-state index contributed by atoms with van der Waals surface area (Å²) >= 11 is 4.56. The van der Waals surface area contributed by atoms with Crippen molar-refractivity contribution in [2.24, 2.45) is 0 Å². The molecule has 2 N–H and O–H groups in total. The molecule has 0 aromatic carbocycles. The highest BCUT2D eigenvalue weighted by atomic mass is 33.5. The van der Waals surface area contributed by atoms with Crippen molar-refractivity contribution in [3.05, 3.63) is 0 Å². The third-order valence-electron chi connectivity index (χ3n) is 3.78. The van der Waals surface area contributed by atoms with Gasteiger partial charge in [-0.3, -0.25) is 0 Å². The topological polar surface area (TPSA) is 40.5 Å². The third-order valence-corrected chi connectivity index (χ3v) is 9.58. The van der Waals surface area contributed by atoms with Crippen molar-refractivity contribution in [1.29, 1.82) is 0 Å². The normalized spacial score (nSPS) is 23.4. The van der Waals surface area contributed by atoms with Crippen LogP contribution in [0.25, 0.3) is 0 Å². The second-order valence-electron chi connectivity index (χ2n) is 5.56. The first kappa shape index (κ1) is 19.4. The summed E-state index contributed by atoms with van der Waals surface area (Å²) in [6, 6.07) is 0. The molecule has 2 nitrogen and oxygen atoms in total. The summed E-state index contributed by atoms with van der Waals surface area (Å²) in [7, 11) is 5.97. The minimum Gasteiger partial charge on any atom is -0.368 e. The van der Waals surface area contributed by atoms with Crippen LogP contribution in [-0.4, -0.2) is 32.8 Å². The predicted octanol–water partition coefficient (Wildman–Crippen LogP) is 4.91. The van der Waals surface area contributed by atoms with Gasteiger partial charge in [0, 0.05) is 16.3 Å². The van der Waals surface area contributed by atoms with Crippen LogP contribution in [0.3, 0.4) is 0 Å². The average molecular weight is 357 g/mol. The van der Waals surface area contributed by atoms with Crippen LogP contribution in [0.2, 0.25) is 0 Å². The Labute approximate surface area is 140 Å². The molecule has 1 saturated heterocycles. The molecule has 1 aliphatic rings. The maximum absolute atomic E-state index is 8.74. The van der Waals surface area contributed by atoms with E-state index in [4.69, 9.17) is 10.2 Å². The van der Waals surface area contributed by atoms with Crippen molar-refractivity contribution in [2.75, 3.05) is 11.5 Å². The maximum atomic E-state index is 8.74. The number of thiol groups is 1. The highest BCUT2D eigenvalue weighted by molar-refractivity contribution is 9.09. The Morgan fingerprint density at radius 1 is 1.00 bits per heavy atom. The van der Waals surface area contributed by atoms with E-state index in [1.54, 1.807) is 0 Å². The lowest BCUT2D eigenvalue weighted by Gasteiger charge is -2.34. The fourth-order valence-electron chi connectivity index (χ4n) is 2.41. The lowest BCUT2D eigenvalue weighted by Crippen LogP contribution is -2.28. The van der Waals surface area contributed by atoms with Gasteiger partial charge >= 0.3 is 0 Å². The minimum atomic E-state index is -1.11. The molecular formula is C14H28O2S4. The molecule has 0 bridgehead atoms. The third kappa shape index (κ3) is 8.69. The molecule has 0 aliphatic carbocycles. The molecule has 0 aromatic rings. The van der Waals surface area contributed by atoms with Gasteiger partial charge in [-0.25, -0.2) is 0 Å². The van der Waals surface area contributed by atoms with Gasteiger partial charge in [0.15, 0.2) is 6.29 Å². The molecule has 1 heterocycles. The average Bonchev–Trinajstić information content (AvgIpc) is 2.46. The molecule has 20 heavy (non-hydrogen) atoms. The van der Waals surface area contributed by atoms with Gasteiger partial charge in [0.1, 0.15) is 0 Å². The van der Waals surface area contributed by atoms with Gasteiger partial charge in [-0.1, -0.05) is 60.1 Å². The van der Waals surface area contributed by atoms with E-state index in [-0.39, 0.29) is 0 Å². The highest BCUT2D eigenvalue weighted by Gasteiger charge is 2.32. The summed E-state index contributed by atoms with van der Waals surface area (Å²) in [5, 5.41) is 17.5.